The van der Waals surface area contributed by atoms with Crippen LogP contribution in [0.4, 0.5) is 0 Å². The van der Waals surface area contributed by atoms with Gasteiger partial charge in [-0.2, -0.15) is 0 Å². The molecule has 0 heterocycles. The van der Waals surface area contributed by atoms with Gasteiger partial charge in [-0.15, -0.1) is 0 Å². The Hall–Kier alpha value is -1.95. The smallest absolute Gasteiger partial charge is 0.310 e. The average molecular weight is 377 g/mol. The second-order valence-corrected chi connectivity index (χ2v) is 13.7. The van der Waals surface area contributed by atoms with E-state index in [1.165, 1.54) is 0 Å². The molecule has 0 N–H and O–H groups in total. The maximum atomic E-state index is 12.5. The van der Waals surface area contributed by atoms with E-state index in [1.54, 1.807) is 0 Å². The molecule has 0 spiro atoms. The fourth-order valence-corrected chi connectivity index (χ4v) is 3.89. The van der Waals surface area contributed by atoms with E-state index in [9.17, 15) is 14.4 Å². The number of aldehydes is 1. The Morgan fingerprint density at radius 1 is 1.08 bits per heavy atom. The molecule has 1 aliphatic carbocycles. The molecule has 0 saturated heterocycles. The molecule has 26 heavy (non-hydrogen) atoms. The van der Waals surface area contributed by atoms with E-state index in [-0.39, 0.29) is 6.61 Å². The molecule has 0 radical (unpaired) electrons. The summed E-state index contributed by atoms with van der Waals surface area (Å²) in [7, 11) is -1.32. The molecule has 1 aromatic carbocycles. The molecule has 0 unspecified atom stereocenters. The van der Waals surface area contributed by atoms with Crippen molar-refractivity contribution in [3.8, 4) is 0 Å². The topological polar surface area (TPSA) is 69.7 Å². The van der Waals surface area contributed by atoms with Crippen LogP contribution in [0.1, 0.15) is 18.4 Å². The molecule has 1 aromatic rings. The van der Waals surface area contributed by atoms with Gasteiger partial charge in [-0.05, 0) is 24.4 Å². The van der Waals surface area contributed by atoms with Crippen molar-refractivity contribution >= 4 is 26.3 Å². The van der Waals surface area contributed by atoms with Gasteiger partial charge in [0.15, 0.2) is 0 Å². The largest absolute Gasteiger partial charge is 0.466 e. The molecule has 1 aliphatic rings. The van der Waals surface area contributed by atoms with Gasteiger partial charge in [0.2, 0.25) is 0 Å². The molecular formula is C20H28O5Si. The minimum Gasteiger partial charge on any atom is -0.466 e. The molecular weight excluding hydrogens is 348 g/mol. The van der Waals surface area contributed by atoms with E-state index in [0.717, 1.165) is 17.9 Å². The lowest BCUT2D eigenvalue weighted by Crippen LogP contribution is -2.33. The SMILES string of the molecule is C[Si](C)(C)CCOC(=O)[C@H]1[C@H](C=O)CC[C@@H]1C(=O)OCc1ccccc1. The van der Waals surface area contributed by atoms with Gasteiger partial charge in [0.1, 0.15) is 12.9 Å². The van der Waals surface area contributed by atoms with Gasteiger partial charge >= 0.3 is 11.9 Å². The lowest BCUT2D eigenvalue weighted by Gasteiger charge is -2.21. The van der Waals surface area contributed by atoms with Gasteiger partial charge < -0.3 is 14.3 Å². The molecule has 0 aromatic heterocycles. The summed E-state index contributed by atoms with van der Waals surface area (Å²) in [6.45, 7) is 7.12. The van der Waals surface area contributed by atoms with E-state index in [4.69, 9.17) is 9.47 Å². The van der Waals surface area contributed by atoms with Gasteiger partial charge in [-0.25, -0.2) is 0 Å². The Balaban J connectivity index is 1.95. The maximum absolute atomic E-state index is 12.5. The fraction of sp³-hybridized carbons (Fsp3) is 0.550. The second-order valence-electron chi connectivity index (χ2n) is 8.08. The minimum absolute atomic E-state index is 0.166. The summed E-state index contributed by atoms with van der Waals surface area (Å²) in [5.41, 5.74) is 0.889. The Bertz CT molecular complexity index is 623. The number of hydrogen-bond donors (Lipinski definition) is 0. The van der Waals surface area contributed by atoms with Crippen LogP contribution in [0.2, 0.25) is 25.7 Å². The van der Waals surface area contributed by atoms with Crippen LogP contribution in [-0.2, 0) is 30.5 Å². The lowest BCUT2D eigenvalue weighted by atomic mass is 9.90. The quantitative estimate of drug-likeness (QED) is 0.395. The first-order valence-electron chi connectivity index (χ1n) is 9.14. The van der Waals surface area contributed by atoms with Crippen molar-refractivity contribution in [3.05, 3.63) is 35.9 Å². The summed E-state index contributed by atoms with van der Waals surface area (Å²) < 4.78 is 10.8. The summed E-state index contributed by atoms with van der Waals surface area (Å²) in [6, 6.07) is 10.3. The Morgan fingerprint density at radius 3 is 2.38 bits per heavy atom. The normalized spacial score (nSPS) is 22.7. The molecule has 142 valence electrons. The highest BCUT2D eigenvalue weighted by Crippen LogP contribution is 2.38. The zero-order valence-electron chi connectivity index (χ0n) is 15.8. The highest BCUT2D eigenvalue weighted by molar-refractivity contribution is 6.76. The lowest BCUT2D eigenvalue weighted by molar-refractivity contribution is -0.161. The number of ether oxygens (including phenoxy) is 2. The first-order valence-corrected chi connectivity index (χ1v) is 12.8. The van der Waals surface area contributed by atoms with Crippen molar-refractivity contribution in [1.82, 2.24) is 0 Å². The van der Waals surface area contributed by atoms with Crippen LogP contribution >= 0.6 is 0 Å². The van der Waals surface area contributed by atoms with Crippen molar-refractivity contribution in [2.75, 3.05) is 6.61 Å². The van der Waals surface area contributed by atoms with Crippen LogP contribution < -0.4 is 0 Å². The molecule has 0 bridgehead atoms. The Labute approximate surface area is 156 Å². The molecule has 5 nitrogen and oxygen atoms in total. The summed E-state index contributed by atoms with van der Waals surface area (Å²) in [5.74, 6) is -2.67. The molecule has 1 saturated carbocycles. The highest BCUT2D eigenvalue weighted by Gasteiger charge is 2.46. The van der Waals surface area contributed by atoms with Crippen LogP contribution in [0.3, 0.4) is 0 Å². The van der Waals surface area contributed by atoms with E-state index in [1.807, 2.05) is 30.3 Å². The summed E-state index contributed by atoms with van der Waals surface area (Å²) in [5, 5.41) is 0. The van der Waals surface area contributed by atoms with Crippen molar-refractivity contribution in [1.29, 1.82) is 0 Å². The van der Waals surface area contributed by atoms with Crippen LogP contribution in [0.15, 0.2) is 30.3 Å². The van der Waals surface area contributed by atoms with Crippen LogP contribution in [-0.4, -0.2) is 32.9 Å². The number of rotatable bonds is 8. The summed E-state index contributed by atoms with van der Waals surface area (Å²) in [6.07, 6.45) is 1.77. The second kappa shape index (κ2) is 9.12. The van der Waals surface area contributed by atoms with Gasteiger partial charge in [-0.3, -0.25) is 9.59 Å². The zero-order valence-corrected chi connectivity index (χ0v) is 16.8. The Morgan fingerprint density at radius 2 is 1.77 bits per heavy atom. The van der Waals surface area contributed by atoms with Gasteiger partial charge in [0.25, 0.3) is 0 Å². The number of carbonyl (C=O) groups is 3. The predicted molar refractivity (Wildman–Crippen MR) is 101 cm³/mol. The van der Waals surface area contributed by atoms with Gasteiger partial charge in [0, 0.05) is 14.0 Å². The third-order valence-corrected chi connectivity index (χ3v) is 6.48. The summed E-state index contributed by atoms with van der Waals surface area (Å²) in [4.78, 5) is 36.4. The van der Waals surface area contributed by atoms with Crippen molar-refractivity contribution in [3.63, 3.8) is 0 Å². The summed E-state index contributed by atoms with van der Waals surface area (Å²) >= 11 is 0. The van der Waals surface area contributed by atoms with Crippen LogP contribution in [0.5, 0.6) is 0 Å². The average Bonchev–Trinajstić information content (AvgIpc) is 3.03. The van der Waals surface area contributed by atoms with Gasteiger partial charge in [-0.1, -0.05) is 50.0 Å². The van der Waals surface area contributed by atoms with E-state index in [2.05, 4.69) is 19.6 Å². The monoisotopic (exact) mass is 376 g/mol. The number of hydrogen-bond acceptors (Lipinski definition) is 5. The third kappa shape index (κ3) is 5.80. The van der Waals surface area contributed by atoms with E-state index in [0.29, 0.717) is 19.4 Å². The highest BCUT2D eigenvalue weighted by atomic mass is 28.3. The molecule has 0 aliphatic heterocycles. The first-order chi connectivity index (χ1) is 12.3. The van der Waals surface area contributed by atoms with Crippen molar-refractivity contribution in [2.24, 2.45) is 17.8 Å². The number of carbonyl (C=O) groups excluding carboxylic acids is 3. The molecule has 1 fully saturated rings. The first kappa shape index (κ1) is 20.4. The molecule has 3 atom stereocenters. The van der Waals surface area contributed by atoms with Crippen LogP contribution in [0.25, 0.3) is 0 Å². The van der Waals surface area contributed by atoms with Crippen LogP contribution in [0, 0.1) is 17.8 Å². The molecule has 0 amide bonds. The third-order valence-electron chi connectivity index (χ3n) is 4.78. The number of benzene rings is 1. The van der Waals surface area contributed by atoms with E-state index >= 15 is 0 Å². The van der Waals surface area contributed by atoms with E-state index < -0.39 is 37.8 Å². The van der Waals surface area contributed by atoms with Gasteiger partial charge in [0.05, 0.1) is 18.4 Å². The maximum Gasteiger partial charge on any atom is 0.310 e. The molecule has 6 heteroatoms. The zero-order chi connectivity index (χ0) is 19.2. The molecule has 2 rings (SSSR count). The predicted octanol–water partition coefficient (Wildman–Crippen LogP) is 3.45. The Kier molecular flexibility index (Phi) is 7.14. The standard InChI is InChI=1S/C20H28O5Si/c1-26(2,3)12-11-24-20(23)18-16(13-21)9-10-17(18)19(22)25-14-15-7-5-4-6-8-15/h4-8,13,16-18H,9-12,14H2,1-3H3/t16-,17-,18-/m0/s1. The fourth-order valence-electron chi connectivity index (χ4n) is 3.18. The van der Waals surface area contributed by atoms with Crippen molar-refractivity contribution < 1.29 is 23.9 Å². The number of esters is 2. The van der Waals surface area contributed by atoms with Crippen molar-refractivity contribution in [2.45, 2.75) is 45.1 Å². The minimum atomic E-state index is -1.32.